The lowest BCUT2D eigenvalue weighted by molar-refractivity contribution is -0.385. The van der Waals surface area contributed by atoms with Gasteiger partial charge in [-0.05, 0) is 25.6 Å². The molecule has 0 bridgehead atoms. The maximum atomic E-state index is 10.8. The van der Waals surface area contributed by atoms with E-state index in [1.54, 1.807) is 6.07 Å². The Morgan fingerprint density at radius 3 is 2.72 bits per heavy atom. The summed E-state index contributed by atoms with van der Waals surface area (Å²) < 4.78 is 10.6. The molecule has 0 radical (unpaired) electrons. The third kappa shape index (κ3) is 4.31. The maximum Gasteiger partial charge on any atom is 0.273 e. The van der Waals surface area contributed by atoms with Gasteiger partial charge in [-0.25, -0.2) is 0 Å². The van der Waals surface area contributed by atoms with Crippen LogP contribution in [0.1, 0.15) is 12.5 Å². The SMILES string of the molecule is CNCC(C)OCc1cc(OC)cc([N+](=O)[O-])c1. The van der Waals surface area contributed by atoms with E-state index < -0.39 is 4.92 Å². The Balaban J connectivity index is 2.75. The highest BCUT2D eigenvalue weighted by Gasteiger charge is 2.11. The fraction of sp³-hybridized carbons (Fsp3) is 0.500. The Labute approximate surface area is 106 Å². The number of nitro benzene ring substituents is 1. The Kier molecular flexibility index (Phi) is 5.54. The van der Waals surface area contributed by atoms with Crippen molar-refractivity contribution in [2.45, 2.75) is 19.6 Å². The van der Waals surface area contributed by atoms with E-state index in [9.17, 15) is 10.1 Å². The number of benzene rings is 1. The quantitative estimate of drug-likeness (QED) is 0.592. The van der Waals surface area contributed by atoms with Crippen molar-refractivity contribution in [2.24, 2.45) is 0 Å². The zero-order chi connectivity index (χ0) is 13.5. The molecule has 1 N–H and O–H groups in total. The first-order valence-corrected chi connectivity index (χ1v) is 5.65. The molecule has 0 aliphatic carbocycles. The Bertz CT molecular complexity index is 409. The van der Waals surface area contributed by atoms with Crippen molar-refractivity contribution in [1.82, 2.24) is 5.32 Å². The number of hydrogen-bond donors (Lipinski definition) is 1. The third-order valence-corrected chi connectivity index (χ3v) is 2.42. The highest BCUT2D eigenvalue weighted by atomic mass is 16.6. The number of nitro groups is 1. The Hall–Kier alpha value is -1.66. The zero-order valence-electron chi connectivity index (χ0n) is 10.8. The van der Waals surface area contributed by atoms with Gasteiger partial charge in [0.05, 0.1) is 30.8 Å². The number of ether oxygens (including phenoxy) is 2. The number of rotatable bonds is 7. The van der Waals surface area contributed by atoms with Gasteiger partial charge in [0.2, 0.25) is 0 Å². The van der Waals surface area contributed by atoms with Crippen molar-refractivity contribution < 1.29 is 14.4 Å². The minimum atomic E-state index is -0.441. The summed E-state index contributed by atoms with van der Waals surface area (Å²) in [6.07, 6.45) is 0.0419. The summed E-state index contributed by atoms with van der Waals surface area (Å²) in [6, 6.07) is 4.62. The summed E-state index contributed by atoms with van der Waals surface area (Å²) >= 11 is 0. The Morgan fingerprint density at radius 2 is 2.17 bits per heavy atom. The number of non-ortho nitro benzene ring substituents is 1. The van der Waals surface area contributed by atoms with Crippen LogP contribution in [0.15, 0.2) is 18.2 Å². The molecule has 6 nitrogen and oxygen atoms in total. The van der Waals surface area contributed by atoms with Crippen LogP contribution in [-0.4, -0.2) is 31.7 Å². The molecule has 0 spiro atoms. The average molecular weight is 254 g/mol. The molecule has 100 valence electrons. The number of nitrogens with one attached hydrogen (secondary N) is 1. The summed E-state index contributed by atoms with van der Waals surface area (Å²) in [5, 5.41) is 13.8. The number of hydrogen-bond acceptors (Lipinski definition) is 5. The first-order chi connectivity index (χ1) is 8.56. The molecule has 18 heavy (non-hydrogen) atoms. The van der Waals surface area contributed by atoms with Crippen molar-refractivity contribution in [3.8, 4) is 5.75 Å². The van der Waals surface area contributed by atoms with Crippen molar-refractivity contribution in [1.29, 1.82) is 0 Å². The molecule has 0 heterocycles. The van der Waals surface area contributed by atoms with E-state index in [0.29, 0.717) is 12.4 Å². The number of likely N-dealkylation sites (N-methyl/N-ethyl adjacent to an activating group) is 1. The van der Waals surface area contributed by atoms with E-state index >= 15 is 0 Å². The van der Waals surface area contributed by atoms with E-state index in [0.717, 1.165) is 12.1 Å². The van der Waals surface area contributed by atoms with Gasteiger partial charge in [-0.1, -0.05) is 0 Å². The van der Waals surface area contributed by atoms with Crippen LogP contribution in [0.25, 0.3) is 0 Å². The van der Waals surface area contributed by atoms with Crippen LogP contribution in [0.4, 0.5) is 5.69 Å². The molecule has 1 aromatic rings. The predicted molar refractivity (Wildman–Crippen MR) is 67.8 cm³/mol. The molecule has 1 aromatic carbocycles. The summed E-state index contributed by atoms with van der Waals surface area (Å²) in [5.74, 6) is 0.462. The highest BCUT2D eigenvalue weighted by Crippen LogP contribution is 2.23. The van der Waals surface area contributed by atoms with Gasteiger partial charge in [-0.2, -0.15) is 0 Å². The number of nitrogens with zero attached hydrogens (tertiary/aromatic N) is 1. The minimum Gasteiger partial charge on any atom is -0.496 e. The number of methoxy groups -OCH3 is 1. The molecule has 0 fully saturated rings. The first-order valence-electron chi connectivity index (χ1n) is 5.65. The van der Waals surface area contributed by atoms with Gasteiger partial charge in [0.15, 0.2) is 0 Å². The minimum absolute atomic E-state index is 0.00854. The average Bonchev–Trinajstić information content (AvgIpc) is 2.36. The summed E-state index contributed by atoms with van der Waals surface area (Å²) in [4.78, 5) is 10.3. The normalized spacial score (nSPS) is 12.2. The van der Waals surface area contributed by atoms with Gasteiger partial charge < -0.3 is 14.8 Å². The molecule has 1 atom stereocenters. The van der Waals surface area contributed by atoms with Crippen LogP contribution >= 0.6 is 0 Å². The second kappa shape index (κ2) is 6.93. The van der Waals surface area contributed by atoms with Crippen LogP contribution in [-0.2, 0) is 11.3 Å². The van der Waals surface area contributed by atoms with E-state index in [2.05, 4.69) is 5.32 Å². The van der Waals surface area contributed by atoms with Crippen LogP contribution in [0.2, 0.25) is 0 Å². The van der Waals surface area contributed by atoms with E-state index in [1.807, 2.05) is 14.0 Å². The smallest absolute Gasteiger partial charge is 0.273 e. The molecule has 1 unspecified atom stereocenters. The third-order valence-electron chi connectivity index (χ3n) is 2.42. The lowest BCUT2D eigenvalue weighted by Crippen LogP contribution is -2.23. The van der Waals surface area contributed by atoms with Gasteiger partial charge in [-0.3, -0.25) is 10.1 Å². The van der Waals surface area contributed by atoms with Crippen LogP contribution < -0.4 is 10.1 Å². The molecule has 1 rings (SSSR count). The van der Waals surface area contributed by atoms with Crippen molar-refractivity contribution >= 4 is 5.69 Å². The van der Waals surface area contributed by atoms with Gasteiger partial charge in [0.25, 0.3) is 5.69 Å². The molecular weight excluding hydrogens is 236 g/mol. The van der Waals surface area contributed by atoms with Gasteiger partial charge in [-0.15, -0.1) is 0 Å². The standard InChI is InChI=1S/C12H18N2O4/c1-9(7-13-2)18-8-10-4-11(14(15)16)6-12(5-10)17-3/h4-6,9,13H,7-8H2,1-3H3. The van der Waals surface area contributed by atoms with Crippen molar-refractivity contribution in [2.75, 3.05) is 20.7 Å². The summed E-state index contributed by atoms with van der Waals surface area (Å²) in [7, 11) is 3.32. The molecule has 0 aliphatic heterocycles. The fourth-order valence-electron chi connectivity index (χ4n) is 1.53. The zero-order valence-corrected chi connectivity index (χ0v) is 10.8. The topological polar surface area (TPSA) is 73.6 Å². The maximum absolute atomic E-state index is 10.8. The van der Waals surface area contributed by atoms with Crippen molar-refractivity contribution in [3.05, 3.63) is 33.9 Å². The lowest BCUT2D eigenvalue weighted by Gasteiger charge is -2.12. The molecule has 0 amide bonds. The first kappa shape index (κ1) is 14.4. The predicted octanol–water partition coefficient (Wildman–Crippen LogP) is 1.73. The Morgan fingerprint density at radius 1 is 1.44 bits per heavy atom. The molecule has 0 saturated heterocycles. The van der Waals surface area contributed by atoms with Crippen LogP contribution in [0.3, 0.4) is 0 Å². The second-order valence-corrected chi connectivity index (χ2v) is 3.98. The largest absolute Gasteiger partial charge is 0.496 e. The molecule has 6 heteroatoms. The van der Waals surface area contributed by atoms with Crippen LogP contribution in [0.5, 0.6) is 5.75 Å². The monoisotopic (exact) mass is 254 g/mol. The van der Waals surface area contributed by atoms with Crippen LogP contribution in [0, 0.1) is 10.1 Å². The molecule has 0 saturated carbocycles. The van der Waals surface area contributed by atoms with Crippen molar-refractivity contribution in [3.63, 3.8) is 0 Å². The molecule has 0 aromatic heterocycles. The van der Waals surface area contributed by atoms with E-state index in [1.165, 1.54) is 19.2 Å². The lowest BCUT2D eigenvalue weighted by atomic mass is 10.2. The fourth-order valence-corrected chi connectivity index (χ4v) is 1.53. The summed E-state index contributed by atoms with van der Waals surface area (Å²) in [6.45, 7) is 2.98. The molecule has 0 aliphatic rings. The second-order valence-electron chi connectivity index (χ2n) is 3.98. The van der Waals surface area contributed by atoms with Gasteiger partial charge in [0.1, 0.15) is 5.75 Å². The van der Waals surface area contributed by atoms with Gasteiger partial charge >= 0.3 is 0 Å². The molecular formula is C12H18N2O4. The highest BCUT2D eigenvalue weighted by molar-refractivity contribution is 5.42. The van der Waals surface area contributed by atoms with E-state index in [-0.39, 0.29) is 11.8 Å². The van der Waals surface area contributed by atoms with E-state index in [4.69, 9.17) is 9.47 Å². The van der Waals surface area contributed by atoms with Gasteiger partial charge in [0, 0.05) is 12.6 Å². The summed E-state index contributed by atoms with van der Waals surface area (Å²) in [5.41, 5.74) is 0.734.